The topological polar surface area (TPSA) is 12.0 Å². The van der Waals surface area contributed by atoms with Crippen molar-refractivity contribution in [2.45, 2.75) is 9.79 Å². The molecule has 0 aliphatic heterocycles. The van der Waals surface area contributed by atoms with Crippen molar-refractivity contribution >= 4 is 30.3 Å². The third-order valence-corrected chi connectivity index (χ3v) is 3.04. The Morgan fingerprint density at radius 2 is 1.53 bits per heavy atom. The second-order valence-corrected chi connectivity index (χ2v) is 4.46. The van der Waals surface area contributed by atoms with Crippen LogP contribution in [0.25, 0.3) is 0 Å². The number of anilines is 1. The fourth-order valence-electron chi connectivity index (χ4n) is 1.14. The third-order valence-electron chi connectivity index (χ3n) is 1.90. The lowest BCUT2D eigenvalue weighted by atomic mass is 10.3. The molecule has 0 unspecified atom stereocenters. The summed E-state index contributed by atoms with van der Waals surface area (Å²) < 4.78 is 3.27. The van der Waals surface area contributed by atoms with Crippen LogP contribution in [0, 0.1) is 0 Å². The lowest BCUT2D eigenvalue weighted by Crippen LogP contribution is -1.85. The van der Waals surface area contributed by atoms with E-state index in [1.165, 1.54) is 4.90 Å². The maximum atomic E-state index is 4.24. The predicted molar refractivity (Wildman–Crippen MR) is 69.6 cm³/mol. The van der Waals surface area contributed by atoms with Gasteiger partial charge in [0.15, 0.2) is 0 Å². The molecule has 0 heterocycles. The monoisotopic (exact) mass is 233 g/mol. The second-order valence-electron chi connectivity index (χ2n) is 3.06. The minimum atomic E-state index is 0.985. The smallest absolute Gasteiger partial charge is 0.0443 e. The van der Waals surface area contributed by atoms with Crippen LogP contribution in [0.15, 0.2) is 64.4 Å². The van der Waals surface area contributed by atoms with Crippen molar-refractivity contribution in [2.75, 3.05) is 4.72 Å². The zero-order chi connectivity index (χ0) is 10.5. The van der Waals surface area contributed by atoms with Gasteiger partial charge in [0, 0.05) is 15.5 Å². The number of benzene rings is 2. The van der Waals surface area contributed by atoms with Gasteiger partial charge in [-0.25, -0.2) is 0 Å². The zero-order valence-electron chi connectivity index (χ0n) is 8.05. The summed E-state index contributed by atoms with van der Waals surface area (Å²) in [6.45, 7) is 0. The highest BCUT2D eigenvalue weighted by molar-refractivity contribution is 8.00. The van der Waals surface area contributed by atoms with Gasteiger partial charge in [0.2, 0.25) is 0 Å². The van der Waals surface area contributed by atoms with Gasteiger partial charge in [-0.1, -0.05) is 18.2 Å². The molecule has 2 aromatic carbocycles. The Balaban J connectivity index is 1.96. The van der Waals surface area contributed by atoms with E-state index in [0.29, 0.717) is 0 Å². The van der Waals surface area contributed by atoms with E-state index in [4.69, 9.17) is 0 Å². The fraction of sp³-hybridized carbons (Fsp3) is 0. The first-order valence-corrected chi connectivity index (χ1v) is 5.88. The molecule has 3 heteroatoms. The van der Waals surface area contributed by atoms with Gasteiger partial charge in [0.1, 0.15) is 0 Å². The average Bonchev–Trinajstić information content (AvgIpc) is 2.30. The molecule has 2 rings (SSSR count). The molecule has 0 amide bonds. The van der Waals surface area contributed by atoms with Crippen molar-refractivity contribution in [3.05, 3.63) is 54.6 Å². The minimum absolute atomic E-state index is 0.985. The summed E-state index contributed by atoms with van der Waals surface area (Å²) in [5.41, 5.74) is 1.11. The van der Waals surface area contributed by atoms with E-state index in [2.05, 4.69) is 17.4 Å². The van der Waals surface area contributed by atoms with Crippen molar-refractivity contribution in [1.82, 2.24) is 0 Å². The molecule has 0 saturated carbocycles. The highest BCUT2D eigenvalue weighted by Crippen LogP contribution is 2.21. The van der Waals surface area contributed by atoms with Gasteiger partial charge in [-0.05, 0) is 48.3 Å². The quantitative estimate of drug-likeness (QED) is 0.611. The van der Waals surface area contributed by atoms with Crippen molar-refractivity contribution in [3.8, 4) is 0 Å². The van der Waals surface area contributed by atoms with Crippen molar-refractivity contribution in [1.29, 1.82) is 0 Å². The Labute approximate surface area is 99.5 Å². The van der Waals surface area contributed by atoms with E-state index < -0.39 is 0 Å². The van der Waals surface area contributed by atoms with Crippen LogP contribution in [-0.4, -0.2) is 0 Å². The van der Waals surface area contributed by atoms with Crippen molar-refractivity contribution in [2.24, 2.45) is 0 Å². The number of thiol groups is 1. The molecule has 0 aliphatic carbocycles. The van der Waals surface area contributed by atoms with Crippen molar-refractivity contribution < 1.29 is 0 Å². The summed E-state index contributed by atoms with van der Waals surface area (Å²) in [5, 5.41) is 0. The summed E-state index contributed by atoms with van der Waals surface area (Å²) in [6.07, 6.45) is 0. The predicted octanol–water partition coefficient (Wildman–Crippen LogP) is 4.09. The van der Waals surface area contributed by atoms with E-state index in [0.717, 1.165) is 10.6 Å². The van der Waals surface area contributed by atoms with E-state index in [1.54, 1.807) is 11.9 Å². The molecule has 1 nitrogen and oxygen atoms in total. The Bertz CT molecular complexity index is 411. The van der Waals surface area contributed by atoms with E-state index >= 15 is 0 Å². The lowest BCUT2D eigenvalue weighted by Gasteiger charge is -2.04. The molecule has 0 aliphatic rings. The van der Waals surface area contributed by atoms with Gasteiger partial charge >= 0.3 is 0 Å². The molecule has 0 saturated heterocycles. The van der Waals surface area contributed by atoms with Gasteiger partial charge in [-0.15, -0.1) is 12.6 Å². The first-order chi connectivity index (χ1) is 7.34. The van der Waals surface area contributed by atoms with Crippen molar-refractivity contribution in [3.63, 3.8) is 0 Å². The number of hydrogen-bond donors (Lipinski definition) is 2. The van der Waals surface area contributed by atoms with Gasteiger partial charge in [0.05, 0.1) is 0 Å². The Morgan fingerprint density at radius 1 is 0.867 bits per heavy atom. The largest absolute Gasteiger partial charge is 0.326 e. The molecule has 2 aromatic rings. The molecule has 0 radical (unpaired) electrons. The number of rotatable bonds is 3. The Kier molecular flexibility index (Phi) is 3.59. The van der Waals surface area contributed by atoms with Crippen LogP contribution in [0.4, 0.5) is 5.69 Å². The first-order valence-electron chi connectivity index (χ1n) is 4.61. The number of nitrogens with one attached hydrogen (secondary N) is 1. The van der Waals surface area contributed by atoms with Crippen LogP contribution in [0.3, 0.4) is 0 Å². The number of hydrogen-bond acceptors (Lipinski definition) is 3. The zero-order valence-corrected chi connectivity index (χ0v) is 9.76. The maximum Gasteiger partial charge on any atom is 0.0443 e. The molecular weight excluding hydrogens is 222 g/mol. The molecule has 0 aromatic heterocycles. The second kappa shape index (κ2) is 5.14. The van der Waals surface area contributed by atoms with Gasteiger partial charge in [-0.2, -0.15) is 0 Å². The molecule has 0 atom stereocenters. The Hall–Kier alpha value is -1.06. The SMILES string of the molecule is Sc1ccc(SNc2ccccc2)cc1. The molecule has 76 valence electrons. The summed E-state index contributed by atoms with van der Waals surface area (Å²) in [6, 6.07) is 18.2. The normalized spacial score (nSPS) is 9.93. The molecule has 0 fully saturated rings. The lowest BCUT2D eigenvalue weighted by molar-refractivity contribution is 1.36. The number of para-hydroxylation sites is 1. The highest BCUT2D eigenvalue weighted by Gasteiger charge is 1.93. The summed E-state index contributed by atoms with van der Waals surface area (Å²) in [4.78, 5) is 2.16. The molecular formula is C12H11NS2. The van der Waals surface area contributed by atoms with Gasteiger partial charge < -0.3 is 4.72 Å². The van der Waals surface area contributed by atoms with Crippen LogP contribution in [0.2, 0.25) is 0 Å². The van der Waals surface area contributed by atoms with Crippen LogP contribution >= 0.6 is 24.6 Å². The van der Waals surface area contributed by atoms with Crippen LogP contribution in [0.1, 0.15) is 0 Å². The Morgan fingerprint density at radius 3 is 2.20 bits per heavy atom. The minimum Gasteiger partial charge on any atom is -0.326 e. The van der Waals surface area contributed by atoms with E-state index in [1.807, 2.05) is 54.6 Å². The first kappa shape index (κ1) is 10.5. The molecule has 0 bridgehead atoms. The molecule has 1 N–H and O–H groups in total. The highest BCUT2D eigenvalue weighted by atomic mass is 32.2. The molecule has 0 spiro atoms. The summed E-state index contributed by atoms with van der Waals surface area (Å²) in [7, 11) is 0. The standard InChI is InChI=1S/C12H11NS2/c14-11-6-8-12(9-7-11)15-13-10-4-2-1-3-5-10/h1-9,13-14H. The van der Waals surface area contributed by atoms with Crippen LogP contribution in [-0.2, 0) is 0 Å². The van der Waals surface area contributed by atoms with Crippen LogP contribution in [0.5, 0.6) is 0 Å². The molecule has 15 heavy (non-hydrogen) atoms. The summed E-state index contributed by atoms with van der Waals surface area (Å²) >= 11 is 5.84. The summed E-state index contributed by atoms with van der Waals surface area (Å²) in [5.74, 6) is 0. The van der Waals surface area contributed by atoms with Crippen LogP contribution < -0.4 is 4.72 Å². The van der Waals surface area contributed by atoms with E-state index in [9.17, 15) is 0 Å². The maximum absolute atomic E-state index is 4.24. The third kappa shape index (κ3) is 3.22. The average molecular weight is 233 g/mol. The van der Waals surface area contributed by atoms with E-state index in [-0.39, 0.29) is 0 Å². The van der Waals surface area contributed by atoms with Gasteiger partial charge in [-0.3, -0.25) is 0 Å². The van der Waals surface area contributed by atoms with Gasteiger partial charge in [0.25, 0.3) is 0 Å². The fourth-order valence-corrected chi connectivity index (χ4v) is 1.93.